The molecule has 0 amide bonds. The topological polar surface area (TPSA) is 50.3 Å². The molecule has 2 atom stereocenters. The molecule has 3 heterocycles. The van der Waals surface area contributed by atoms with Crippen LogP contribution < -0.4 is 0 Å². The Hall–Kier alpha value is -2.57. The van der Waals surface area contributed by atoms with Crippen LogP contribution in [0.4, 0.5) is 4.39 Å². The summed E-state index contributed by atoms with van der Waals surface area (Å²) in [6, 6.07) is 16.1. The molecule has 2 aliphatic heterocycles. The van der Waals surface area contributed by atoms with Gasteiger partial charge in [-0.15, -0.1) is 0 Å². The predicted molar refractivity (Wildman–Crippen MR) is 105 cm³/mol. The van der Waals surface area contributed by atoms with E-state index in [1.54, 1.807) is 30.6 Å². The van der Waals surface area contributed by atoms with E-state index in [0.717, 1.165) is 16.7 Å². The van der Waals surface area contributed by atoms with Crippen LogP contribution in [-0.2, 0) is 16.4 Å². The maximum atomic E-state index is 14.0. The second-order valence-corrected chi connectivity index (χ2v) is 9.60. The van der Waals surface area contributed by atoms with Gasteiger partial charge in [0, 0.05) is 43.5 Å². The van der Waals surface area contributed by atoms with Crippen molar-refractivity contribution in [2.45, 2.75) is 22.6 Å². The van der Waals surface area contributed by atoms with Gasteiger partial charge in [-0.1, -0.05) is 24.3 Å². The van der Waals surface area contributed by atoms with Gasteiger partial charge < -0.3 is 0 Å². The fraction of sp³-hybridized carbons (Fsp3) is 0.227. The van der Waals surface area contributed by atoms with Crippen LogP contribution >= 0.6 is 0 Å². The summed E-state index contributed by atoms with van der Waals surface area (Å²) in [5.41, 5.74) is 3.49. The van der Waals surface area contributed by atoms with E-state index in [0.29, 0.717) is 30.1 Å². The number of fused-ring (bicyclic) bond motifs is 3. The summed E-state index contributed by atoms with van der Waals surface area (Å²) in [7, 11) is -3.37. The van der Waals surface area contributed by atoms with E-state index in [2.05, 4.69) is 4.98 Å². The Kier molecular flexibility index (Phi) is 4.07. The molecule has 0 spiro atoms. The van der Waals surface area contributed by atoms with Gasteiger partial charge in [-0.3, -0.25) is 9.88 Å². The maximum Gasteiger partial charge on any atom is 0.183 e. The zero-order valence-electron chi connectivity index (χ0n) is 15.1. The Balaban J connectivity index is 1.48. The molecule has 0 radical (unpaired) electrons. The minimum absolute atomic E-state index is 0.0754. The Bertz CT molecular complexity index is 1150. The van der Waals surface area contributed by atoms with Gasteiger partial charge in [-0.05, 0) is 47.0 Å². The lowest BCUT2D eigenvalue weighted by Crippen LogP contribution is -2.26. The van der Waals surface area contributed by atoms with Crippen molar-refractivity contribution < 1.29 is 12.8 Å². The van der Waals surface area contributed by atoms with Gasteiger partial charge >= 0.3 is 0 Å². The number of halogens is 1. The molecule has 0 bridgehead atoms. The number of sulfone groups is 1. The van der Waals surface area contributed by atoms with Crippen LogP contribution in [-0.4, -0.2) is 36.6 Å². The minimum atomic E-state index is -3.37. The lowest BCUT2D eigenvalue weighted by atomic mass is 9.95. The zero-order chi connectivity index (χ0) is 19.3. The standard InChI is InChI=1S/C22H19FN2O2S/c23-20-4-2-1-3-17(20)12-25-13-19-18-11-16(15-7-9-24-10-8-15)5-6-21(18)28(26,27)22(19)14-25/h1-11,19,22H,12-14H2/t19-,22+/m0/s1. The number of hydrogen-bond acceptors (Lipinski definition) is 4. The molecule has 1 saturated heterocycles. The van der Waals surface area contributed by atoms with E-state index in [1.165, 1.54) is 6.07 Å². The molecule has 28 heavy (non-hydrogen) atoms. The van der Waals surface area contributed by atoms with Crippen molar-refractivity contribution in [3.8, 4) is 11.1 Å². The molecule has 4 nitrogen and oxygen atoms in total. The largest absolute Gasteiger partial charge is 0.297 e. The molecule has 1 fully saturated rings. The summed E-state index contributed by atoms with van der Waals surface area (Å²) in [6.45, 7) is 1.47. The molecule has 2 aliphatic rings. The second-order valence-electron chi connectivity index (χ2n) is 7.46. The van der Waals surface area contributed by atoms with Gasteiger partial charge in [-0.25, -0.2) is 12.8 Å². The second kappa shape index (κ2) is 6.50. The normalized spacial score (nSPS) is 22.8. The predicted octanol–water partition coefficient (Wildman–Crippen LogP) is 3.64. The molecule has 6 heteroatoms. The van der Waals surface area contributed by atoms with E-state index in [-0.39, 0.29) is 11.7 Å². The summed E-state index contributed by atoms with van der Waals surface area (Å²) in [6.07, 6.45) is 3.46. The molecule has 142 valence electrons. The average Bonchev–Trinajstić information content (AvgIpc) is 3.22. The first kappa shape index (κ1) is 17.5. The molecule has 3 aromatic rings. The average molecular weight is 394 g/mol. The quantitative estimate of drug-likeness (QED) is 0.681. The monoisotopic (exact) mass is 394 g/mol. The lowest BCUT2D eigenvalue weighted by Gasteiger charge is -2.18. The minimum Gasteiger partial charge on any atom is -0.297 e. The van der Waals surface area contributed by atoms with Crippen LogP contribution in [0.3, 0.4) is 0 Å². The van der Waals surface area contributed by atoms with Crippen molar-refractivity contribution in [1.29, 1.82) is 0 Å². The van der Waals surface area contributed by atoms with Gasteiger partial charge in [0.2, 0.25) is 0 Å². The van der Waals surface area contributed by atoms with Crippen molar-refractivity contribution in [2.75, 3.05) is 13.1 Å². The van der Waals surface area contributed by atoms with Crippen molar-refractivity contribution in [3.05, 3.63) is 83.9 Å². The summed E-state index contributed by atoms with van der Waals surface area (Å²) in [5.74, 6) is -0.323. The van der Waals surface area contributed by atoms with Crippen LogP contribution in [0.25, 0.3) is 11.1 Å². The van der Waals surface area contributed by atoms with E-state index < -0.39 is 15.1 Å². The van der Waals surface area contributed by atoms with Gasteiger partial charge in [0.15, 0.2) is 9.84 Å². The molecular weight excluding hydrogens is 375 g/mol. The third-order valence-corrected chi connectivity index (χ3v) is 8.08. The van der Waals surface area contributed by atoms with E-state index >= 15 is 0 Å². The van der Waals surface area contributed by atoms with Crippen molar-refractivity contribution in [3.63, 3.8) is 0 Å². The maximum absolute atomic E-state index is 14.0. The van der Waals surface area contributed by atoms with Gasteiger partial charge in [0.1, 0.15) is 5.82 Å². The third-order valence-electron chi connectivity index (χ3n) is 5.82. The number of hydrogen-bond donors (Lipinski definition) is 0. The SMILES string of the molecule is O=S1(=O)c2ccc(-c3ccncc3)cc2[C@@H]2CN(Cc3ccccc3F)C[C@H]21. The third kappa shape index (κ3) is 2.75. The summed E-state index contributed by atoms with van der Waals surface area (Å²) in [4.78, 5) is 6.54. The first-order valence-corrected chi connectivity index (χ1v) is 10.8. The number of pyridine rings is 1. The van der Waals surface area contributed by atoms with Crippen LogP contribution in [0.5, 0.6) is 0 Å². The summed E-state index contributed by atoms with van der Waals surface area (Å²) >= 11 is 0. The Labute approximate surface area is 163 Å². The number of likely N-dealkylation sites (tertiary alicyclic amines) is 1. The molecule has 0 N–H and O–H groups in total. The smallest absolute Gasteiger partial charge is 0.183 e. The fourth-order valence-corrected chi connectivity index (χ4v) is 6.64. The summed E-state index contributed by atoms with van der Waals surface area (Å²) in [5, 5.41) is -0.457. The summed E-state index contributed by atoms with van der Waals surface area (Å²) < 4.78 is 40.2. The Morgan fingerprint density at radius 1 is 1.00 bits per heavy atom. The van der Waals surface area contributed by atoms with Crippen molar-refractivity contribution >= 4 is 9.84 Å². The van der Waals surface area contributed by atoms with Gasteiger partial charge in [0.05, 0.1) is 10.1 Å². The van der Waals surface area contributed by atoms with Crippen LogP contribution in [0, 0.1) is 5.82 Å². The Morgan fingerprint density at radius 3 is 2.57 bits per heavy atom. The van der Waals surface area contributed by atoms with E-state index in [4.69, 9.17) is 0 Å². The van der Waals surface area contributed by atoms with E-state index in [1.807, 2.05) is 35.2 Å². The molecule has 0 unspecified atom stereocenters. The molecule has 1 aromatic heterocycles. The molecule has 2 aromatic carbocycles. The highest BCUT2D eigenvalue weighted by Crippen LogP contribution is 2.46. The number of nitrogens with zero attached hydrogens (tertiary/aromatic N) is 2. The zero-order valence-corrected chi connectivity index (χ0v) is 15.9. The fourth-order valence-electron chi connectivity index (χ4n) is 4.45. The van der Waals surface area contributed by atoms with Gasteiger partial charge in [-0.2, -0.15) is 0 Å². The molecule has 0 saturated carbocycles. The highest BCUT2D eigenvalue weighted by atomic mass is 32.2. The molecule has 5 rings (SSSR count). The van der Waals surface area contributed by atoms with Crippen LogP contribution in [0.2, 0.25) is 0 Å². The Morgan fingerprint density at radius 2 is 1.79 bits per heavy atom. The molecule has 0 aliphatic carbocycles. The van der Waals surface area contributed by atoms with Crippen molar-refractivity contribution in [1.82, 2.24) is 9.88 Å². The number of benzene rings is 2. The van der Waals surface area contributed by atoms with Crippen LogP contribution in [0.15, 0.2) is 71.9 Å². The highest BCUT2D eigenvalue weighted by Gasteiger charge is 2.50. The van der Waals surface area contributed by atoms with Crippen molar-refractivity contribution in [2.24, 2.45) is 0 Å². The highest BCUT2D eigenvalue weighted by molar-refractivity contribution is 7.92. The first-order chi connectivity index (χ1) is 13.5. The van der Waals surface area contributed by atoms with Crippen LogP contribution in [0.1, 0.15) is 17.0 Å². The van der Waals surface area contributed by atoms with Gasteiger partial charge in [0.25, 0.3) is 0 Å². The van der Waals surface area contributed by atoms with E-state index in [9.17, 15) is 12.8 Å². The first-order valence-electron chi connectivity index (χ1n) is 9.28. The lowest BCUT2D eigenvalue weighted by molar-refractivity contribution is 0.320. The number of rotatable bonds is 3. The number of aromatic nitrogens is 1. The molecular formula is C22H19FN2O2S.